The van der Waals surface area contributed by atoms with Crippen molar-refractivity contribution in [2.24, 2.45) is 5.92 Å². The Morgan fingerprint density at radius 1 is 1.19 bits per heavy atom. The van der Waals surface area contributed by atoms with Gasteiger partial charge >= 0.3 is 0 Å². The Labute approximate surface area is 144 Å². The molecule has 0 saturated carbocycles. The zero-order valence-corrected chi connectivity index (χ0v) is 18.5. The van der Waals surface area contributed by atoms with Gasteiger partial charge in [-0.05, 0) is 17.5 Å². The molecule has 1 atom stereocenters. The number of aromatic nitrogens is 1. The summed E-state index contributed by atoms with van der Waals surface area (Å²) < 4.78 is 0. The average Bonchev–Trinajstić information content (AvgIpc) is 2.36. The van der Waals surface area contributed by atoms with E-state index < -0.39 is 14.2 Å². The largest absolute Gasteiger partial charge is 0.388 e. The van der Waals surface area contributed by atoms with Crippen molar-refractivity contribution >= 4 is 8.07 Å². The van der Waals surface area contributed by atoms with Crippen LogP contribution in [0, 0.1) is 23.8 Å². The molecule has 1 N–H and O–H groups in total. The monoisotopic (exact) mass is 354 g/mol. The molecule has 0 fully saturated rings. The first-order valence-electron chi connectivity index (χ1n) is 7.12. The van der Waals surface area contributed by atoms with Gasteiger partial charge in [0.15, 0.2) is 0 Å². The smallest absolute Gasteiger partial charge is 0.129 e. The molecule has 2 nitrogen and oxygen atoms in total. The second-order valence-corrected chi connectivity index (χ2v) is 11.0. The Balaban J connectivity index is 0. The molecule has 0 aromatic carbocycles. The maximum atomic E-state index is 9.88. The van der Waals surface area contributed by atoms with Gasteiger partial charge in [0, 0.05) is 25.7 Å². The Bertz CT molecular complexity index is 441. The Morgan fingerprint density at radius 2 is 1.71 bits per heavy atom. The summed E-state index contributed by atoms with van der Waals surface area (Å²) in [6.07, 6.45) is 3.28. The summed E-state index contributed by atoms with van der Waals surface area (Å²) in [6.45, 7) is 14.6. The van der Waals surface area contributed by atoms with Crippen LogP contribution < -0.4 is 0 Å². The minimum Gasteiger partial charge on any atom is -0.388 e. The molecular formula is C17H28NOSiZn-. The zero-order valence-electron chi connectivity index (χ0n) is 14.6. The second kappa shape index (κ2) is 11.1. The fraction of sp³-hybridized carbons (Fsp3) is 0.529. The van der Waals surface area contributed by atoms with Crippen molar-refractivity contribution in [2.75, 3.05) is 0 Å². The summed E-state index contributed by atoms with van der Waals surface area (Å²) in [7, 11) is -1.34. The molecule has 0 aliphatic rings. The van der Waals surface area contributed by atoms with E-state index in [4.69, 9.17) is 0 Å². The predicted octanol–water partition coefficient (Wildman–Crippen LogP) is 4.23. The summed E-state index contributed by atoms with van der Waals surface area (Å²) in [5.41, 5.74) is 4.92. The van der Waals surface area contributed by atoms with E-state index in [-0.39, 0.29) is 25.4 Å². The first-order valence-corrected chi connectivity index (χ1v) is 10.6. The van der Waals surface area contributed by atoms with Crippen molar-refractivity contribution in [3.63, 3.8) is 0 Å². The van der Waals surface area contributed by atoms with Gasteiger partial charge in [0.1, 0.15) is 13.8 Å². The van der Waals surface area contributed by atoms with Crippen LogP contribution in [0.1, 0.15) is 45.1 Å². The van der Waals surface area contributed by atoms with Crippen LogP contribution in [-0.4, -0.2) is 18.2 Å². The van der Waals surface area contributed by atoms with Gasteiger partial charge in [0.2, 0.25) is 0 Å². The molecule has 0 bridgehead atoms. The number of hydrogen-bond donors (Lipinski definition) is 1. The maximum absolute atomic E-state index is 9.88. The van der Waals surface area contributed by atoms with Crippen molar-refractivity contribution < 1.29 is 24.6 Å². The number of aliphatic hydroxyl groups is 1. The van der Waals surface area contributed by atoms with E-state index in [1.807, 2.05) is 46.2 Å². The van der Waals surface area contributed by atoms with E-state index in [1.165, 1.54) is 0 Å². The molecule has 1 aromatic heterocycles. The molecule has 1 rings (SSSR count). The zero-order chi connectivity index (χ0) is 15.8. The van der Waals surface area contributed by atoms with Crippen molar-refractivity contribution in [2.45, 2.75) is 53.4 Å². The summed E-state index contributed by atoms with van der Waals surface area (Å²) in [4.78, 5) is 4.27. The minimum atomic E-state index is -1.34. The van der Waals surface area contributed by atoms with Crippen LogP contribution in [0.3, 0.4) is 0 Å². The molecule has 0 unspecified atom stereocenters. The summed E-state index contributed by atoms with van der Waals surface area (Å²) in [6, 6.07) is 3.79. The molecule has 0 saturated heterocycles. The van der Waals surface area contributed by atoms with Gasteiger partial charge < -0.3 is 11.5 Å². The normalized spacial score (nSPS) is 11.5. The molecular weight excluding hydrogens is 328 g/mol. The third-order valence-corrected chi connectivity index (χ3v) is 3.20. The Kier molecular flexibility index (Phi) is 12.1. The Morgan fingerprint density at radius 3 is 2.05 bits per heavy atom. The van der Waals surface area contributed by atoms with Crippen LogP contribution in [0.25, 0.3) is 0 Å². The van der Waals surface area contributed by atoms with Crippen LogP contribution in [-0.2, 0) is 19.5 Å². The van der Waals surface area contributed by atoms with Crippen LogP contribution >= 0.6 is 0 Å². The van der Waals surface area contributed by atoms with Crippen molar-refractivity contribution in [3.05, 3.63) is 36.0 Å². The molecule has 0 aliphatic heterocycles. The van der Waals surface area contributed by atoms with Crippen molar-refractivity contribution in [1.82, 2.24) is 4.98 Å². The van der Waals surface area contributed by atoms with Crippen molar-refractivity contribution in [3.8, 4) is 11.5 Å². The predicted molar refractivity (Wildman–Crippen MR) is 89.9 cm³/mol. The SMILES string of the molecule is CC(C)[C@H](O)c1ccc(C#C[Si](C)(C)C)nc1.C[CH-]C.[Zn]. The molecule has 0 radical (unpaired) electrons. The van der Waals surface area contributed by atoms with Crippen LogP contribution in [0.4, 0.5) is 0 Å². The van der Waals surface area contributed by atoms with Gasteiger partial charge in [-0.2, -0.15) is 13.8 Å². The molecule has 21 heavy (non-hydrogen) atoms. The molecule has 0 aliphatic carbocycles. The van der Waals surface area contributed by atoms with Crippen LogP contribution in [0.15, 0.2) is 18.3 Å². The Hall–Kier alpha value is -0.490. The van der Waals surface area contributed by atoms with Gasteiger partial charge in [-0.25, -0.2) is 4.98 Å². The average molecular weight is 356 g/mol. The van der Waals surface area contributed by atoms with Crippen LogP contribution in [0.2, 0.25) is 19.6 Å². The van der Waals surface area contributed by atoms with Gasteiger partial charge in [-0.3, -0.25) is 0 Å². The first-order chi connectivity index (χ1) is 9.21. The van der Waals surface area contributed by atoms with Gasteiger partial charge in [-0.15, -0.1) is 5.54 Å². The molecule has 0 amide bonds. The van der Waals surface area contributed by atoms with E-state index in [9.17, 15) is 5.11 Å². The molecule has 1 heterocycles. The number of pyridine rings is 1. The van der Waals surface area contributed by atoms with E-state index >= 15 is 0 Å². The number of hydrogen-bond acceptors (Lipinski definition) is 2. The van der Waals surface area contributed by atoms with E-state index in [1.54, 1.807) is 6.20 Å². The van der Waals surface area contributed by atoms with Crippen LogP contribution in [0.5, 0.6) is 0 Å². The van der Waals surface area contributed by atoms with Crippen molar-refractivity contribution in [1.29, 1.82) is 0 Å². The first kappa shape index (κ1) is 22.8. The molecule has 0 spiro atoms. The summed E-state index contributed by atoms with van der Waals surface area (Å²) >= 11 is 0. The van der Waals surface area contributed by atoms with Gasteiger partial charge in [-0.1, -0.05) is 45.5 Å². The van der Waals surface area contributed by atoms with E-state index in [2.05, 4.69) is 36.1 Å². The number of nitrogens with zero attached hydrogens (tertiary/aromatic N) is 1. The second-order valence-electron chi connectivity index (χ2n) is 6.24. The van der Waals surface area contributed by atoms with Gasteiger partial charge in [0.05, 0.1) is 6.10 Å². The number of aliphatic hydroxyl groups excluding tert-OH is 1. The van der Waals surface area contributed by atoms with E-state index in [0.29, 0.717) is 0 Å². The third-order valence-electron chi connectivity index (χ3n) is 2.32. The molecule has 4 heteroatoms. The fourth-order valence-corrected chi connectivity index (χ4v) is 1.79. The van der Waals surface area contributed by atoms with Gasteiger partial charge in [0.25, 0.3) is 0 Å². The summed E-state index contributed by atoms with van der Waals surface area (Å²) in [5.74, 6) is 3.30. The topological polar surface area (TPSA) is 33.1 Å². The summed E-state index contributed by atoms with van der Waals surface area (Å²) in [5, 5.41) is 9.88. The standard InChI is InChI=1S/C14H21NOSi.C3H7.Zn/c1-11(2)14(16)12-6-7-13(15-10-12)8-9-17(3,4)5;1-3-2;/h6-7,10-11,14,16H,1-5H3;3H,1-2H3;/q;-1;/t14-;;/m0../s1. The molecule has 114 valence electrons. The van der Waals surface area contributed by atoms with E-state index in [0.717, 1.165) is 11.3 Å². The minimum absolute atomic E-state index is 0. The molecule has 1 aromatic rings. The maximum Gasteiger partial charge on any atom is 0.129 e. The quantitative estimate of drug-likeness (QED) is 0.489. The fourth-order valence-electron chi connectivity index (χ4n) is 1.29. The number of rotatable bonds is 2. The third kappa shape index (κ3) is 10.8.